The molecule has 1 rings (SSSR count). The van der Waals surface area contributed by atoms with E-state index in [0.717, 1.165) is 5.03 Å². The normalized spacial score (nSPS) is 11.5. The molecule has 2 atom stereocenters. The van der Waals surface area contributed by atoms with E-state index < -0.39 is 66.6 Å². The van der Waals surface area contributed by atoms with Crippen molar-refractivity contribution in [3.63, 3.8) is 0 Å². The lowest BCUT2D eigenvalue weighted by Crippen LogP contribution is -2.50. The van der Waals surface area contributed by atoms with Crippen LogP contribution in [0.3, 0.4) is 0 Å². The Bertz CT molecular complexity index is 1390. The minimum absolute atomic E-state index is 0.126. The number of unbranched alkanes of at least 4 members (excludes halogenated alkanes) is 1. The number of carbonyl (C=O) groups is 9. The second-order valence-corrected chi connectivity index (χ2v) is 13.7. The molecule has 0 aliphatic rings. The van der Waals surface area contributed by atoms with Gasteiger partial charge >= 0.3 is 5.97 Å². The van der Waals surface area contributed by atoms with Gasteiger partial charge in [-0.1, -0.05) is 23.8 Å². The van der Waals surface area contributed by atoms with Crippen LogP contribution in [0, 0.1) is 0 Å². The van der Waals surface area contributed by atoms with Gasteiger partial charge in [0.2, 0.25) is 47.3 Å². The van der Waals surface area contributed by atoms with E-state index in [1.807, 2.05) is 18.2 Å². The Labute approximate surface area is 315 Å². The molecule has 0 radical (unpaired) electrons. The van der Waals surface area contributed by atoms with Gasteiger partial charge in [-0.05, 0) is 55.5 Å². The van der Waals surface area contributed by atoms with E-state index in [0.29, 0.717) is 25.0 Å². The van der Waals surface area contributed by atoms with E-state index in [4.69, 9.17) is 5.11 Å². The summed E-state index contributed by atoms with van der Waals surface area (Å²) in [6, 6.07) is 3.69. The molecule has 2 unspecified atom stereocenters. The smallest absolute Gasteiger partial charge is 0.305 e. The van der Waals surface area contributed by atoms with Gasteiger partial charge in [0.15, 0.2) is 0 Å². The lowest BCUT2D eigenvalue weighted by atomic mass is 10.1. The Morgan fingerprint density at radius 3 is 1.96 bits per heavy atom. The number of nitrogens with one attached hydrogen (secondary N) is 8. The monoisotopic (exact) mass is 783 g/mol. The standard InChI is InChI=1S/C32H49N9O10S2/c1-3-23(42)36-18-26(45)38-20-28(47)41-22(32(51)35-15-12-30(48)49)9-4-6-13-33-25(44)17-37-27(46)19-39-31(50)21(2)40-24(43)10-8-16-52-53-29-11-5-7-14-34-29/h5,7,11,14,21-22H,3-4,6,8-10,12-13,15-20H2,1-2H3,(H,33,44)(H,35,51)(H,36,42)(H,37,46)(H,38,45)(H,39,50)(H,40,43)(H,41,47)(H,48,49). The van der Waals surface area contributed by atoms with Crippen molar-refractivity contribution in [2.75, 3.05) is 45.0 Å². The molecular formula is C32H49N9O10S2. The molecule has 0 aliphatic heterocycles. The molecule has 0 aromatic carbocycles. The third-order valence-electron chi connectivity index (χ3n) is 6.80. The summed E-state index contributed by atoms with van der Waals surface area (Å²) < 4.78 is 0. The summed E-state index contributed by atoms with van der Waals surface area (Å²) in [5, 5.41) is 29.2. The summed E-state index contributed by atoms with van der Waals surface area (Å²) in [6.07, 6.45) is 3.26. The third kappa shape index (κ3) is 24.0. The summed E-state index contributed by atoms with van der Waals surface area (Å²) in [6.45, 7) is 1.56. The average Bonchev–Trinajstić information content (AvgIpc) is 3.13. The van der Waals surface area contributed by atoms with Crippen molar-refractivity contribution in [3.8, 4) is 0 Å². The Morgan fingerprint density at radius 2 is 1.32 bits per heavy atom. The predicted molar refractivity (Wildman–Crippen MR) is 196 cm³/mol. The number of carboxylic acids is 1. The van der Waals surface area contributed by atoms with Crippen LogP contribution in [-0.2, 0) is 43.2 Å². The molecule has 8 amide bonds. The number of aliphatic carboxylic acids is 1. The number of carboxylic acid groups (broad SMARTS) is 1. The number of aromatic nitrogens is 1. The minimum Gasteiger partial charge on any atom is -0.481 e. The Hall–Kier alpha value is -4.92. The van der Waals surface area contributed by atoms with Crippen LogP contribution in [0.4, 0.5) is 0 Å². The van der Waals surface area contributed by atoms with Gasteiger partial charge < -0.3 is 47.6 Å². The lowest BCUT2D eigenvalue weighted by Gasteiger charge is -2.19. The number of nitrogens with zero attached hydrogens (tertiary/aromatic N) is 1. The zero-order valence-corrected chi connectivity index (χ0v) is 31.4. The van der Waals surface area contributed by atoms with E-state index in [9.17, 15) is 43.2 Å². The number of hydrogen-bond acceptors (Lipinski definition) is 12. The molecule has 0 bridgehead atoms. The van der Waals surface area contributed by atoms with Crippen molar-refractivity contribution in [1.82, 2.24) is 47.5 Å². The van der Waals surface area contributed by atoms with E-state index in [2.05, 4.69) is 47.5 Å². The van der Waals surface area contributed by atoms with Gasteiger partial charge in [0.05, 0.1) is 32.6 Å². The molecule has 1 aromatic rings. The van der Waals surface area contributed by atoms with Gasteiger partial charge in [0, 0.05) is 37.9 Å². The largest absolute Gasteiger partial charge is 0.481 e. The van der Waals surface area contributed by atoms with E-state index in [1.54, 1.807) is 23.9 Å². The molecular weight excluding hydrogens is 735 g/mol. The average molecular weight is 784 g/mol. The number of hydrogen-bond donors (Lipinski definition) is 9. The first-order valence-corrected chi connectivity index (χ1v) is 19.3. The van der Waals surface area contributed by atoms with Crippen LogP contribution < -0.4 is 42.5 Å². The molecule has 19 nitrogen and oxygen atoms in total. The molecule has 1 aromatic heterocycles. The third-order valence-corrected chi connectivity index (χ3v) is 9.15. The van der Waals surface area contributed by atoms with Crippen LogP contribution in [0.1, 0.15) is 58.8 Å². The number of amides is 8. The number of pyridine rings is 1. The molecule has 0 fully saturated rings. The lowest BCUT2D eigenvalue weighted by molar-refractivity contribution is -0.137. The van der Waals surface area contributed by atoms with Gasteiger partial charge in [0.1, 0.15) is 17.1 Å². The predicted octanol–water partition coefficient (Wildman–Crippen LogP) is -1.66. The minimum atomic E-state index is -1.12. The Morgan fingerprint density at radius 1 is 0.679 bits per heavy atom. The van der Waals surface area contributed by atoms with Crippen molar-refractivity contribution in [2.24, 2.45) is 0 Å². The fourth-order valence-corrected chi connectivity index (χ4v) is 5.94. The molecule has 294 valence electrons. The summed E-state index contributed by atoms with van der Waals surface area (Å²) in [4.78, 5) is 112. The summed E-state index contributed by atoms with van der Waals surface area (Å²) in [7, 11) is 3.09. The molecule has 0 spiro atoms. The highest BCUT2D eigenvalue weighted by Gasteiger charge is 2.21. The van der Waals surface area contributed by atoms with Crippen molar-refractivity contribution < 1.29 is 48.3 Å². The molecule has 21 heteroatoms. The van der Waals surface area contributed by atoms with Crippen molar-refractivity contribution >= 4 is 74.8 Å². The van der Waals surface area contributed by atoms with Crippen LogP contribution in [-0.4, -0.2) is 120 Å². The van der Waals surface area contributed by atoms with Crippen LogP contribution in [0.25, 0.3) is 0 Å². The van der Waals surface area contributed by atoms with Crippen LogP contribution in [0.5, 0.6) is 0 Å². The maximum absolute atomic E-state index is 12.6. The van der Waals surface area contributed by atoms with Crippen molar-refractivity contribution in [2.45, 2.75) is 75.9 Å². The number of carbonyl (C=O) groups excluding carboxylic acids is 8. The zero-order valence-electron chi connectivity index (χ0n) is 29.7. The topological polar surface area (TPSA) is 283 Å². The second kappa shape index (κ2) is 27.7. The molecule has 0 saturated heterocycles. The highest BCUT2D eigenvalue weighted by Crippen LogP contribution is 2.29. The highest BCUT2D eigenvalue weighted by atomic mass is 33.1. The van der Waals surface area contributed by atoms with Crippen LogP contribution in [0.2, 0.25) is 0 Å². The Kier molecular flexibility index (Phi) is 24.1. The van der Waals surface area contributed by atoms with E-state index in [-0.39, 0.29) is 63.7 Å². The first-order chi connectivity index (χ1) is 25.3. The zero-order chi connectivity index (χ0) is 39.4. The van der Waals surface area contributed by atoms with Crippen LogP contribution in [0.15, 0.2) is 29.4 Å². The van der Waals surface area contributed by atoms with Gasteiger partial charge in [-0.25, -0.2) is 4.98 Å². The van der Waals surface area contributed by atoms with Gasteiger partial charge in [-0.2, -0.15) is 0 Å². The maximum Gasteiger partial charge on any atom is 0.305 e. The first kappa shape index (κ1) is 46.1. The highest BCUT2D eigenvalue weighted by molar-refractivity contribution is 8.76. The van der Waals surface area contributed by atoms with Gasteiger partial charge in [-0.3, -0.25) is 43.2 Å². The molecule has 1 heterocycles. The van der Waals surface area contributed by atoms with Gasteiger partial charge in [0.25, 0.3) is 0 Å². The quantitative estimate of drug-likeness (QED) is 0.0358. The first-order valence-electron chi connectivity index (χ1n) is 16.9. The van der Waals surface area contributed by atoms with Crippen molar-refractivity contribution in [3.05, 3.63) is 24.4 Å². The molecule has 0 aliphatic carbocycles. The van der Waals surface area contributed by atoms with Gasteiger partial charge in [-0.15, -0.1) is 0 Å². The fraction of sp³-hybridized carbons (Fsp3) is 0.562. The van der Waals surface area contributed by atoms with E-state index in [1.165, 1.54) is 17.7 Å². The molecule has 9 N–H and O–H groups in total. The Balaban J connectivity index is 2.30. The molecule has 53 heavy (non-hydrogen) atoms. The maximum atomic E-state index is 12.6. The summed E-state index contributed by atoms with van der Waals surface area (Å²) in [5.74, 6) is -4.66. The number of rotatable bonds is 27. The van der Waals surface area contributed by atoms with E-state index >= 15 is 0 Å². The fourth-order valence-electron chi connectivity index (χ4n) is 3.97. The van der Waals surface area contributed by atoms with Crippen LogP contribution >= 0.6 is 21.6 Å². The summed E-state index contributed by atoms with van der Waals surface area (Å²) in [5.41, 5.74) is 0. The summed E-state index contributed by atoms with van der Waals surface area (Å²) >= 11 is 0. The van der Waals surface area contributed by atoms with Crippen molar-refractivity contribution in [1.29, 1.82) is 0 Å². The second-order valence-electron chi connectivity index (χ2n) is 11.3. The SMILES string of the molecule is CCC(=O)NCC(=O)NCC(=O)NC(CCCCNC(=O)CNC(=O)CNC(=O)C(C)NC(=O)CCCSSc1ccccn1)C(=O)NCCC(=O)O. The molecule has 0 saturated carbocycles.